The molecule has 0 saturated heterocycles. The van der Waals surface area contributed by atoms with Crippen LogP contribution in [0.2, 0.25) is 0 Å². The molecule has 0 unspecified atom stereocenters. The molecule has 0 bridgehead atoms. The van der Waals surface area contributed by atoms with Crippen LogP contribution >= 0.6 is 15.9 Å². The van der Waals surface area contributed by atoms with Crippen molar-refractivity contribution in [2.45, 2.75) is 24.8 Å². The Bertz CT molecular complexity index is 597. The third-order valence-electron chi connectivity index (χ3n) is 3.82. The van der Waals surface area contributed by atoms with Gasteiger partial charge >= 0.3 is 0 Å². The van der Waals surface area contributed by atoms with Gasteiger partial charge in [-0.15, -0.1) is 0 Å². The van der Waals surface area contributed by atoms with E-state index in [1.54, 1.807) is 13.3 Å². The molecule has 1 aromatic carbocycles. The molecule has 104 valence electrons. The lowest BCUT2D eigenvalue weighted by Crippen LogP contribution is -2.34. The standard InChI is InChI=1S/C16H17BrN2O/c1-20-14-5-2-4-11(10-14)12-8-13(9-12)19-15-6-3-7-18-16(15)17/h2-7,10,12-13,19H,8-9H2,1H3. The molecule has 1 heterocycles. The van der Waals surface area contributed by atoms with Gasteiger partial charge in [0.05, 0.1) is 12.8 Å². The minimum atomic E-state index is 0.520. The van der Waals surface area contributed by atoms with Gasteiger partial charge in [0.1, 0.15) is 10.4 Å². The van der Waals surface area contributed by atoms with E-state index >= 15 is 0 Å². The molecule has 3 rings (SSSR count). The summed E-state index contributed by atoms with van der Waals surface area (Å²) in [6, 6.07) is 12.9. The summed E-state index contributed by atoms with van der Waals surface area (Å²) in [5.74, 6) is 1.56. The predicted molar refractivity (Wildman–Crippen MR) is 84.3 cm³/mol. The molecule has 1 saturated carbocycles. The van der Waals surface area contributed by atoms with Crippen LogP contribution in [0.1, 0.15) is 24.3 Å². The molecule has 0 atom stereocenters. The van der Waals surface area contributed by atoms with Crippen LogP contribution in [0, 0.1) is 0 Å². The Morgan fingerprint density at radius 3 is 2.85 bits per heavy atom. The minimum absolute atomic E-state index is 0.520. The second-order valence-corrected chi connectivity index (χ2v) is 5.88. The largest absolute Gasteiger partial charge is 0.497 e. The van der Waals surface area contributed by atoms with Crippen molar-refractivity contribution < 1.29 is 4.74 Å². The van der Waals surface area contributed by atoms with Crippen LogP contribution in [0.15, 0.2) is 47.2 Å². The lowest BCUT2D eigenvalue weighted by atomic mass is 9.76. The van der Waals surface area contributed by atoms with Crippen LogP contribution in [-0.2, 0) is 0 Å². The lowest BCUT2D eigenvalue weighted by Gasteiger charge is -2.37. The molecule has 1 fully saturated rings. The Labute approximate surface area is 127 Å². The summed E-state index contributed by atoms with van der Waals surface area (Å²) in [5, 5.41) is 3.53. The summed E-state index contributed by atoms with van der Waals surface area (Å²) in [6.45, 7) is 0. The maximum Gasteiger partial charge on any atom is 0.129 e. The number of nitrogens with one attached hydrogen (secondary N) is 1. The van der Waals surface area contributed by atoms with E-state index in [2.05, 4.69) is 50.5 Å². The van der Waals surface area contributed by atoms with Crippen molar-refractivity contribution in [3.63, 3.8) is 0 Å². The summed E-state index contributed by atoms with van der Waals surface area (Å²) >= 11 is 3.47. The molecule has 1 aliphatic carbocycles. The van der Waals surface area contributed by atoms with Crippen molar-refractivity contribution in [1.29, 1.82) is 0 Å². The fourth-order valence-electron chi connectivity index (χ4n) is 2.62. The number of rotatable bonds is 4. The first kappa shape index (κ1) is 13.4. The molecule has 1 aliphatic rings. The van der Waals surface area contributed by atoms with E-state index in [4.69, 9.17) is 4.74 Å². The Hall–Kier alpha value is -1.55. The van der Waals surface area contributed by atoms with E-state index in [0.29, 0.717) is 12.0 Å². The highest BCUT2D eigenvalue weighted by Gasteiger charge is 2.30. The van der Waals surface area contributed by atoms with Crippen LogP contribution in [0.3, 0.4) is 0 Å². The summed E-state index contributed by atoms with van der Waals surface area (Å²) < 4.78 is 6.16. The molecule has 0 spiro atoms. The van der Waals surface area contributed by atoms with Crippen molar-refractivity contribution in [3.8, 4) is 5.75 Å². The molecular weight excluding hydrogens is 316 g/mol. The van der Waals surface area contributed by atoms with E-state index in [-0.39, 0.29) is 0 Å². The topological polar surface area (TPSA) is 34.1 Å². The van der Waals surface area contributed by atoms with Crippen LogP contribution in [0.25, 0.3) is 0 Å². The Morgan fingerprint density at radius 1 is 1.25 bits per heavy atom. The number of ether oxygens (including phenoxy) is 1. The SMILES string of the molecule is COc1cccc(C2CC(Nc3cccnc3Br)C2)c1. The summed E-state index contributed by atoms with van der Waals surface area (Å²) in [6.07, 6.45) is 4.08. The highest BCUT2D eigenvalue weighted by atomic mass is 79.9. The van der Waals surface area contributed by atoms with Gasteiger partial charge < -0.3 is 10.1 Å². The number of anilines is 1. The van der Waals surface area contributed by atoms with Gasteiger partial charge in [0.2, 0.25) is 0 Å². The molecule has 4 heteroatoms. The van der Waals surface area contributed by atoms with E-state index in [1.807, 2.05) is 12.1 Å². The number of benzene rings is 1. The molecule has 1 aromatic heterocycles. The summed E-state index contributed by atoms with van der Waals surface area (Å²) in [7, 11) is 1.71. The number of hydrogen-bond acceptors (Lipinski definition) is 3. The Morgan fingerprint density at radius 2 is 2.10 bits per heavy atom. The first-order valence-corrected chi connectivity index (χ1v) is 7.56. The van der Waals surface area contributed by atoms with E-state index in [9.17, 15) is 0 Å². The number of hydrogen-bond donors (Lipinski definition) is 1. The van der Waals surface area contributed by atoms with Crippen LogP contribution in [0.4, 0.5) is 5.69 Å². The molecule has 0 aliphatic heterocycles. The average molecular weight is 333 g/mol. The number of halogens is 1. The maximum atomic E-state index is 5.28. The van der Waals surface area contributed by atoms with Gasteiger partial charge in [-0.05, 0) is 64.5 Å². The molecule has 3 nitrogen and oxygen atoms in total. The smallest absolute Gasteiger partial charge is 0.129 e. The summed E-state index contributed by atoms with van der Waals surface area (Å²) in [5.41, 5.74) is 2.44. The predicted octanol–water partition coefficient (Wildman–Crippen LogP) is 4.21. The number of methoxy groups -OCH3 is 1. The van der Waals surface area contributed by atoms with E-state index in [1.165, 1.54) is 5.56 Å². The van der Waals surface area contributed by atoms with Crippen molar-refractivity contribution in [3.05, 3.63) is 52.8 Å². The van der Waals surface area contributed by atoms with Crippen molar-refractivity contribution in [1.82, 2.24) is 4.98 Å². The second-order valence-electron chi connectivity index (χ2n) is 5.13. The Balaban J connectivity index is 1.60. The molecule has 2 aromatic rings. The van der Waals surface area contributed by atoms with Crippen LogP contribution < -0.4 is 10.1 Å². The third-order valence-corrected chi connectivity index (χ3v) is 4.45. The maximum absolute atomic E-state index is 5.28. The van der Waals surface area contributed by atoms with Crippen molar-refractivity contribution in [2.24, 2.45) is 0 Å². The average Bonchev–Trinajstić information content (AvgIpc) is 2.44. The first-order chi connectivity index (χ1) is 9.76. The zero-order valence-electron chi connectivity index (χ0n) is 11.3. The molecular formula is C16H17BrN2O. The molecule has 1 N–H and O–H groups in total. The highest BCUT2D eigenvalue weighted by Crippen LogP contribution is 2.39. The highest BCUT2D eigenvalue weighted by molar-refractivity contribution is 9.10. The number of pyridine rings is 1. The molecule has 20 heavy (non-hydrogen) atoms. The van der Waals surface area contributed by atoms with Gasteiger partial charge in [0.15, 0.2) is 0 Å². The summed E-state index contributed by atoms with van der Waals surface area (Å²) in [4.78, 5) is 4.23. The zero-order valence-corrected chi connectivity index (χ0v) is 12.9. The fourth-order valence-corrected chi connectivity index (χ4v) is 2.98. The molecule has 0 amide bonds. The van der Waals surface area contributed by atoms with Gasteiger partial charge in [0, 0.05) is 12.2 Å². The third kappa shape index (κ3) is 2.80. The van der Waals surface area contributed by atoms with Crippen molar-refractivity contribution >= 4 is 21.6 Å². The van der Waals surface area contributed by atoms with Gasteiger partial charge in [-0.3, -0.25) is 0 Å². The lowest BCUT2D eigenvalue weighted by molar-refractivity contribution is 0.370. The monoisotopic (exact) mass is 332 g/mol. The van der Waals surface area contributed by atoms with E-state index in [0.717, 1.165) is 28.9 Å². The quantitative estimate of drug-likeness (QED) is 0.851. The fraction of sp³-hybridized carbons (Fsp3) is 0.312. The normalized spacial score (nSPS) is 21.1. The minimum Gasteiger partial charge on any atom is -0.497 e. The van der Waals surface area contributed by atoms with Crippen LogP contribution in [0.5, 0.6) is 5.75 Å². The van der Waals surface area contributed by atoms with Gasteiger partial charge in [-0.1, -0.05) is 12.1 Å². The first-order valence-electron chi connectivity index (χ1n) is 6.77. The molecule has 0 radical (unpaired) electrons. The number of nitrogens with zero attached hydrogens (tertiary/aromatic N) is 1. The van der Waals surface area contributed by atoms with Crippen molar-refractivity contribution in [2.75, 3.05) is 12.4 Å². The zero-order chi connectivity index (χ0) is 13.9. The second kappa shape index (κ2) is 5.83. The van der Waals surface area contributed by atoms with Gasteiger partial charge in [-0.25, -0.2) is 4.98 Å². The number of aromatic nitrogens is 1. The van der Waals surface area contributed by atoms with Gasteiger partial charge in [0.25, 0.3) is 0 Å². The Kier molecular flexibility index (Phi) is 3.92. The van der Waals surface area contributed by atoms with E-state index < -0.39 is 0 Å². The van der Waals surface area contributed by atoms with Gasteiger partial charge in [-0.2, -0.15) is 0 Å². The van der Waals surface area contributed by atoms with Crippen LogP contribution in [-0.4, -0.2) is 18.1 Å².